The molecule has 5 nitrogen and oxygen atoms in total. The fraction of sp³-hybridized carbons (Fsp3) is 0.125. The lowest BCUT2D eigenvalue weighted by Crippen LogP contribution is -2.17. The highest BCUT2D eigenvalue weighted by molar-refractivity contribution is 7.99. The van der Waals surface area contributed by atoms with Crippen LogP contribution in [0, 0.1) is 0 Å². The largest absolute Gasteiger partial charge is 0.308 e. The van der Waals surface area contributed by atoms with Crippen molar-refractivity contribution in [2.45, 2.75) is 23.9 Å². The molecule has 0 saturated carbocycles. The molecule has 8 heteroatoms. The minimum absolute atomic E-state index is 0.0151. The van der Waals surface area contributed by atoms with Gasteiger partial charge < -0.3 is 0 Å². The molecule has 1 atom stereocenters. The van der Waals surface area contributed by atoms with Crippen LogP contribution in [-0.4, -0.2) is 19.3 Å². The van der Waals surface area contributed by atoms with Gasteiger partial charge in [0.05, 0.1) is 22.4 Å². The van der Waals surface area contributed by atoms with E-state index in [1.54, 1.807) is 16.3 Å². The van der Waals surface area contributed by atoms with E-state index >= 15 is 0 Å². The number of hydrogen-bond acceptors (Lipinski definition) is 5. The fourth-order valence-corrected chi connectivity index (χ4v) is 5.70. The summed E-state index contributed by atoms with van der Waals surface area (Å²) in [5.74, 6) is 0.681. The van der Waals surface area contributed by atoms with E-state index in [0.29, 0.717) is 17.4 Å². The van der Waals surface area contributed by atoms with Gasteiger partial charge in [0, 0.05) is 10.3 Å². The summed E-state index contributed by atoms with van der Waals surface area (Å²) in [4.78, 5) is 12.7. The molecule has 0 aliphatic carbocycles. The van der Waals surface area contributed by atoms with Gasteiger partial charge in [-0.2, -0.15) is 0 Å². The third-order valence-electron chi connectivity index (χ3n) is 5.19. The first-order valence-corrected chi connectivity index (χ1v) is 12.2. The Morgan fingerprint density at radius 3 is 2.59 bits per heavy atom. The molecule has 0 fully saturated rings. The number of aromatic nitrogens is 4. The van der Waals surface area contributed by atoms with Gasteiger partial charge in [-0.3, -0.25) is 13.9 Å². The zero-order chi connectivity index (χ0) is 22.1. The lowest BCUT2D eigenvalue weighted by molar-refractivity contribution is 0.725. The number of thioether (sulfide) groups is 1. The zero-order valence-corrected chi connectivity index (χ0v) is 19.6. The van der Waals surface area contributed by atoms with Gasteiger partial charge in [0.15, 0.2) is 11.0 Å². The first kappa shape index (κ1) is 21.0. The van der Waals surface area contributed by atoms with E-state index in [9.17, 15) is 4.79 Å². The predicted octanol–water partition coefficient (Wildman–Crippen LogP) is 6.20. The molecule has 0 bridgehead atoms. The van der Waals surface area contributed by atoms with Crippen molar-refractivity contribution in [1.29, 1.82) is 0 Å². The molecule has 2 heterocycles. The number of benzene rings is 3. The van der Waals surface area contributed by atoms with Gasteiger partial charge in [-0.15, -0.1) is 10.2 Å². The molecule has 5 rings (SSSR count). The molecule has 32 heavy (non-hydrogen) atoms. The molecule has 3 aromatic carbocycles. The number of hydrogen-bond donors (Lipinski definition) is 0. The van der Waals surface area contributed by atoms with Crippen molar-refractivity contribution in [2.24, 2.45) is 0 Å². The zero-order valence-electron chi connectivity index (χ0n) is 17.2. The van der Waals surface area contributed by atoms with Gasteiger partial charge in [-0.25, -0.2) is 0 Å². The molecular formula is C24H19ClN4OS2. The Kier molecular flexibility index (Phi) is 5.87. The third kappa shape index (κ3) is 4.11. The van der Waals surface area contributed by atoms with E-state index in [1.165, 1.54) is 16.9 Å². The van der Waals surface area contributed by atoms with Crippen LogP contribution in [0.4, 0.5) is 0 Å². The molecule has 0 radical (unpaired) electrons. The summed E-state index contributed by atoms with van der Waals surface area (Å²) < 4.78 is 4.70. The van der Waals surface area contributed by atoms with Crippen LogP contribution >= 0.6 is 34.7 Å². The molecule has 2 aromatic heterocycles. The van der Waals surface area contributed by atoms with E-state index in [2.05, 4.69) is 29.3 Å². The molecule has 5 aromatic rings. The molecular weight excluding hydrogens is 460 g/mol. The van der Waals surface area contributed by atoms with Gasteiger partial charge >= 0.3 is 4.87 Å². The van der Waals surface area contributed by atoms with Crippen molar-refractivity contribution < 1.29 is 0 Å². The van der Waals surface area contributed by atoms with Crippen molar-refractivity contribution in [1.82, 2.24) is 19.3 Å². The maximum Gasteiger partial charge on any atom is 0.308 e. The maximum atomic E-state index is 12.7. The second-order valence-corrected chi connectivity index (χ2v) is 10.0. The van der Waals surface area contributed by atoms with Crippen LogP contribution in [0.1, 0.15) is 23.6 Å². The number of rotatable bonds is 6. The Balaban J connectivity index is 1.58. The third-order valence-corrected chi connectivity index (χ3v) is 7.49. The van der Waals surface area contributed by atoms with Crippen LogP contribution in [0.25, 0.3) is 15.9 Å². The molecule has 0 aliphatic heterocycles. The first-order valence-electron chi connectivity index (χ1n) is 10.1. The van der Waals surface area contributed by atoms with E-state index in [4.69, 9.17) is 11.6 Å². The minimum atomic E-state index is -0.0151. The normalized spacial score (nSPS) is 12.3. The molecule has 0 spiro atoms. The summed E-state index contributed by atoms with van der Waals surface area (Å²) in [6, 6.07) is 25.7. The monoisotopic (exact) mass is 478 g/mol. The molecule has 0 amide bonds. The Labute approximate surface area is 198 Å². The summed E-state index contributed by atoms with van der Waals surface area (Å²) in [5.41, 5.74) is 2.97. The van der Waals surface area contributed by atoms with Crippen molar-refractivity contribution in [3.05, 3.63) is 105 Å². The summed E-state index contributed by atoms with van der Waals surface area (Å²) in [7, 11) is 0. The maximum absolute atomic E-state index is 12.7. The average Bonchev–Trinajstić information content (AvgIpc) is 3.35. The van der Waals surface area contributed by atoms with Crippen molar-refractivity contribution >= 4 is 44.9 Å². The SMILES string of the molecule is C[C@@H](Sc1nnc(Cn2c(=O)sc3ccccc32)n1-c1cccc(Cl)c1)c1ccccc1. The predicted molar refractivity (Wildman–Crippen MR) is 132 cm³/mol. The lowest BCUT2D eigenvalue weighted by atomic mass is 10.2. The highest BCUT2D eigenvalue weighted by Crippen LogP contribution is 2.35. The van der Waals surface area contributed by atoms with Crippen LogP contribution in [-0.2, 0) is 6.54 Å². The number of nitrogens with zero attached hydrogens (tertiary/aromatic N) is 4. The standard InChI is InChI=1S/C24H19ClN4OS2/c1-16(17-8-3-2-4-9-17)31-23-27-26-22(29(23)19-11-7-10-18(25)14-19)15-28-20-12-5-6-13-21(20)32-24(28)30/h2-14,16H,15H2,1H3/t16-/m1/s1. The summed E-state index contributed by atoms with van der Waals surface area (Å²) in [6.07, 6.45) is 0. The molecule has 0 unspecified atom stereocenters. The first-order chi connectivity index (χ1) is 15.6. The number of thiazole rings is 1. The average molecular weight is 479 g/mol. The number of halogens is 1. The number of para-hydroxylation sites is 1. The minimum Gasteiger partial charge on any atom is -0.291 e. The van der Waals surface area contributed by atoms with Crippen LogP contribution in [0.15, 0.2) is 88.8 Å². The van der Waals surface area contributed by atoms with E-state index in [-0.39, 0.29) is 10.1 Å². The van der Waals surface area contributed by atoms with Crippen LogP contribution in [0.3, 0.4) is 0 Å². The van der Waals surface area contributed by atoms with Crippen LogP contribution in [0.2, 0.25) is 5.02 Å². The Morgan fingerprint density at radius 1 is 1.00 bits per heavy atom. The second kappa shape index (κ2) is 8.94. The number of fused-ring (bicyclic) bond motifs is 1. The molecule has 160 valence electrons. The quantitative estimate of drug-likeness (QED) is 0.273. The van der Waals surface area contributed by atoms with Crippen LogP contribution in [0.5, 0.6) is 0 Å². The van der Waals surface area contributed by atoms with Gasteiger partial charge in [0.1, 0.15) is 0 Å². The topological polar surface area (TPSA) is 52.7 Å². The highest BCUT2D eigenvalue weighted by atomic mass is 35.5. The van der Waals surface area contributed by atoms with Gasteiger partial charge in [0.2, 0.25) is 0 Å². The van der Waals surface area contributed by atoms with E-state index in [1.807, 2.05) is 71.3 Å². The Bertz CT molecular complexity index is 1440. The summed E-state index contributed by atoms with van der Waals surface area (Å²) in [6.45, 7) is 2.47. The second-order valence-electron chi connectivity index (χ2n) is 7.31. The summed E-state index contributed by atoms with van der Waals surface area (Å²) in [5, 5.41) is 10.5. The fourth-order valence-electron chi connectivity index (χ4n) is 3.61. The molecule has 0 saturated heterocycles. The lowest BCUT2D eigenvalue weighted by Gasteiger charge is -2.14. The van der Waals surface area contributed by atoms with Gasteiger partial charge in [-0.05, 0) is 42.8 Å². The van der Waals surface area contributed by atoms with Crippen molar-refractivity contribution in [2.75, 3.05) is 0 Å². The van der Waals surface area contributed by atoms with Crippen molar-refractivity contribution in [3.8, 4) is 5.69 Å². The van der Waals surface area contributed by atoms with Gasteiger partial charge in [-0.1, -0.05) is 83.2 Å². The molecule has 0 N–H and O–H groups in total. The van der Waals surface area contributed by atoms with Crippen LogP contribution < -0.4 is 4.87 Å². The van der Waals surface area contributed by atoms with E-state index in [0.717, 1.165) is 21.1 Å². The molecule has 0 aliphatic rings. The van der Waals surface area contributed by atoms with E-state index < -0.39 is 0 Å². The smallest absolute Gasteiger partial charge is 0.291 e. The Hall–Kier alpha value is -2.87. The highest BCUT2D eigenvalue weighted by Gasteiger charge is 2.20. The van der Waals surface area contributed by atoms with Crippen molar-refractivity contribution in [3.63, 3.8) is 0 Å². The van der Waals surface area contributed by atoms with Gasteiger partial charge in [0.25, 0.3) is 0 Å². The summed E-state index contributed by atoms with van der Waals surface area (Å²) >= 11 is 9.17. The Morgan fingerprint density at radius 2 is 1.78 bits per heavy atom.